The maximum Gasteiger partial charge on any atom is 0.142 e. The van der Waals surface area contributed by atoms with Gasteiger partial charge in [0.25, 0.3) is 0 Å². The smallest absolute Gasteiger partial charge is 0.142 e. The van der Waals surface area contributed by atoms with Crippen molar-refractivity contribution in [2.24, 2.45) is 17.8 Å². The summed E-state index contributed by atoms with van der Waals surface area (Å²) in [6.45, 7) is 0. The largest absolute Gasteiger partial charge is 0.361 e. The van der Waals surface area contributed by atoms with Crippen LogP contribution in [0.15, 0.2) is 16.8 Å². The van der Waals surface area contributed by atoms with Crippen LogP contribution in [0, 0.1) is 17.8 Å². The van der Waals surface area contributed by atoms with Gasteiger partial charge >= 0.3 is 0 Å². The zero-order valence-electron chi connectivity index (χ0n) is 8.98. The molecule has 15 heavy (non-hydrogen) atoms. The summed E-state index contributed by atoms with van der Waals surface area (Å²) < 4.78 is 5.47. The summed E-state index contributed by atoms with van der Waals surface area (Å²) in [6.07, 6.45) is 10.4. The average Bonchev–Trinajstić information content (AvgIpc) is 2.67. The van der Waals surface area contributed by atoms with Crippen molar-refractivity contribution in [1.82, 2.24) is 5.16 Å². The van der Waals surface area contributed by atoms with E-state index >= 15 is 0 Å². The monoisotopic (exact) mass is 203 g/mol. The van der Waals surface area contributed by atoms with E-state index in [0.717, 1.165) is 17.8 Å². The Morgan fingerprint density at radius 1 is 1.07 bits per heavy atom. The number of aromatic nitrogens is 1. The predicted octanol–water partition coefficient (Wildman–Crippen LogP) is 3.14. The van der Waals surface area contributed by atoms with Gasteiger partial charge < -0.3 is 4.52 Å². The van der Waals surface area contributed by atoms with Gasteiger partial charge in [0, 0.05) is 11.5 Å². The number of nitrogens with zero attached hydrogens (tertiary/aromatic N) is 1. The molecular formula is C13H17NO. The Bertz CT molecular complexity index is 333. The van der Waals surface area contributed by atoms with Crippen LogP contribution in [0.3, 0.4) is 0 Å². The zero-order valence-corrected chi connectivity index (χ0v) is 8.98. The van der Waals surface area contributed by atoms with E-state index in [0.29, 0.717) is 5.41 Å². The minimum Gasteiger partial charge on any atom is -0.361 e. The van der Waals surface area contributed by atoms with Crippen LogP contribution < -0.4 is 0 Å². The summed E-state index contributed by atoms with van der Waals surface area (Å²) in [6, 6.07) is 2.10. The van der Waals surface area contributed by atoms with Crippen LogP contribution in [0.2, 0.25) is 0 Å². The molecule has 1 aromatic heterocycles. The van der Waals surface area contributed by atoms with Crippen LogP contribution in [-0.2, 0) is 5.41 Å². The highest BCUT2D eigenvalue weighted by molar-refractivity contribution is 5.19. The molecule has 0 radical (unpaired) electrons. The Labute approximate surface area is 90.0 Å². The SMILES string of the molecule is c1cc(C23CC4CC(CC(C4)C2)C3)on1. The van der Waals surface area contributed by atoms with E-state index in [-0.39, 0.29) is 0 Å². The van der Waals surface area contributed by atoms with E-state index in [9.17, 15) is 0 Å². The zero-order chi connectivity index (χ0) is 9.88. The Balaban J connectivity index is 1.77. The van der Waals surface area contributed by atoms with E-state index in [1.165, 1.54) is 44.3 Å². The first-order valence-corrected chi connectivity index (χ1v) is 6.25. The molecular weight excluding hydrogens is 186 g/mol. The van der Waals surface area contributed by atoms with Gasteiger partial charge in [-0.05, 0) is 56.3 Å². The fraction of sp³-hybridized carbons (Fsp3) is 0.769. The molecule has 4 bridgehead atoms. The van der Waals surface area contributed by atoms with E-state index < -0.39 is 0 Å². The first-order valence-electron chi connectivity index (χ1n) is 6.25. The topological polar surface area (TPSA) is 26.0 Å². The summed E-state index contributed by atoms with van der Waals surface area (Å²) in [5.41, 5.74) is 0.394. The lowest BCUT2D eigenvalue weighted by molar-refractivity contribution is -0.0175. The predicted molar refractivity (Wildman–Crippen MR) is 56.4 cm³/mol. The lowest BCUT2D eigenvalue weighted by Crippen LogP contribution is -2.48. The van der Waals surface area contributed by atoms with Crippen molar-refractivity contribution in [3.05, 3.63) is 18.0 Å². The lowest BCUT2D eigenvalue weighted by atomic mass is 9.49. The third kappa shape index (κ3) is 1.08. The summed E-state index contributed by atoms with van der Waals surface area (Å²) in [5, 5.41) is 3.90. The molecule has 4 fully saturated rings. The molecule has 0 spiro atoms. The fourth-order valence-electron chi connectivity index (χ4n) is 4.90. The highest BCUT2D eigenvalue weighted by Crippen LogP contribution is 2.60. The molecule has 4 saturated carbocycles. The molecule has 0 aromatic carbocycles. The Kier molecular flexibility index (Phi) is 1.48. The molecule has 2 heteroatoms. The lowest BCUT2D eigenvalue weighted by Gasteiger charge is -2.55. The van der Waals surface area contributed by atoms with Crippen LogP contribution in [0.1, 0.15) is 44.3 Å². The first-order chi connectivity index (χ1) is 7.34. The number of hydrogen-bond acceptors (Lipinski definition) is 2. The second-order valence-corrected chi connectivity index (χ2v) is 6.07. The molecule has 2 nitrogen and oxygen atoms in total. The molecule has 4 aliphatic rings. The Morgan fingerprint density at radius 3 is 2.13 bits per heavy atom. The summed E-state index contributed by atoms with van der Waals surface area (Å²) in [4.78, 5) is 0. The van der Waals surface area contributed by atoms with Gasteiger partial charge in [-0.3, -0.25) is 0 Å². The van der Waals surface area contributed by atoms with Crippen LogP contribution >= 0.6 is 0 Å². The van der Waals surface area contributed by atoms with Crippen molar-refractivity contribution >= 4 is 0 Å². The quantitative estimate of drug-likeness (QED) is 0.700. The maximum absolute atomic E-state index is 5.47. The number of rotatable bonds is 1. The third-order valence-electron chi connectivity index (χ3n) is 5.00. The fourth-order valence-corrected chi connectivity index (χ4v) is 4.90. The van der Waals surface area contributed by atoms with Crippen LogP contribution in [-0.4, -0.2) is 5.16 Å². The molecule has 0 saturated heterocycles. The van der Waals surface area contributed by atoms with Gasteiger partial charge in [-0.2, -0.15) is 0 Å². The van der Waals surface area contributed by atoms with Crippen molar-refractivity contribution in [3.8, 4) is 0 Å². The molecule has 0 unspecified atom stereocenters. The van der Waals surface area contributed by atoms with E-state index in [4.69, 9.17) is 4.52 Å². The van der Waals surface area contributed by atoms with Crippen LogP contribution in [0.25, 0.3) is 0 Å². The summed E-state index contributed by atoms with van der Waals surface area (Å²) in [5.74, 6) is 4.14. The third-order valence-corrected chi connectivity index (χ3v) is 5.00. The highest BCUT2D eigenvalue weighted by Gasteiger charge is 2.53. The first kappa shape index (κ1) is 8.37. The molecule has 4 aliphatic carbocycles. The minimum atomic E-state index is 0.394. The molecule has 0 atom stereocenters. The average molecular weight is 203 g/mol. The van der Waals surface area contributed by atoms with E-state index in [1.807, 2.05) is 6.20 Å². The second kappa shape index (κ2) is 2.66. The Hall–Kier alpha value is -0.790. The van der Waals surface area contributed by atoms with Gasteiger partial charge in [0.1, 0.15) is 5.76 Å². The van der Waals surface area contributed by atoms with E-state index in [1.54, 1.807) is 0 Å². The molecule has 1 heterocycles. The molecule has 0 amide bonds. The molecule has 1 aromatic rings. The molecule has 0 aliphatic heterocycles. The van der Waals surface area contributed by atoms with Gasteiger partial charge in [0.2, 0.25) is 0 Å². The minimum absolute atomic E-state index is 0.394. The standard InChI is InChI=1S/C13H17NO/c1-2-14-15-12(1)13-6-9-3-10(7-13)5-11(4-9)8-13/h1-2,9-11H,3-8H2. The highest BCUT2D eigenvalue weighted by atomic mass is 16.5. The van der Waals surface area contributed by atoms with Crippen molar-refractivity contribution in [2.75, 3.05) is 0 Å². The van der Waals surface area contributed by atoms with Gasteiger partial charge in [-0.15, -0.1) is 0 Å². The second-order valence-electron chi connectivity index (χ2n) is 6.07. The van der Waals surface area contributed by atoms with Gasteiger partial charge in [0.15, 0.2) is 0 Å². The van der Waals surface area contributed by atoms with Crippen molar-refractivity contribution in [1.29, 1.82) is 0 Å². The summed E-state index contributed by atoms with van der Waals surface area (Å²) >= 11 is 0. The van der Waals surface area contributed by atoms with Crippen molar-refractivity contribution in [3.63, 3.8) is 0 Å². The van der Waals surface area contributed by atoms with Gasteiger partial charge in [-0.1, -0.05) is 5.16 Å². The van der Waals surface area contributed by atoms with Gasteiger partial charge in [0.05, 0.1) is 6.20 Å². The Morgan fingerprint density at radius 2 is 1.67 bits per heavy atom. The van der Waals surface area contributed by atoms with Crippen LogP contribution in [0.4, 0.5) is 0 Å². The van der Waals surface area contributed by atoms with Gasteiger partial charge in [-0.25, -0.2) is 0 Å². The molecule has 0 N–H and O–H groups in total. The summed E-state index contributed by atoms with van der Waals surface area (Å²) in [7, 11) is 0. The van der Waals surface area contributed by atoms with Crippen molar-refractivity contribution < 1.29 is 4.52 Å². The van der Waals surface area contributed by atoms with Crippen molar-refractivity contribution in [2.45, 2.75) is 43.9 Å². The molecule has 5 rings (SSSR count). The van der Waals surface area contributed by atoms with Crippen LogP contribution in [0.5, 0.6) is 0 Å². The molecule has 80 valence electrons. The number of hydrogen-bond donors (Lipinski definition) is 0. The normalized spacial score (nSPS) is 47.3. The van der Waals surface area contributed by atoms with E-state index in [2.05, 4.69) is 11.2 Å². The maximum atomic E-state index is 5.47.